The Morgan fingerprint density at radius 2 is 1.51 bits per heavy atom. The first kappa shape index (κ1) is 35.1. The van der Waals surface area contributed by atoms with E-state index in [9.17, 15) is 34.2 Å². The van der Waals surface area contributed by atoms with Gasteiger partial charge >= 0.3 is 0 Å². The maximum absolute atomic E-state index is 14.8. The van der Waals surface area contributed by atoms with E-state index in [0.29, 0.717) is 17.5 Å². The molecule has 0 saturated heterocycles. The van der Waals surface area contributed by atoms with Crippen LogP contribution in [0, 0.1) is 40.4 Å². The average molecular weight is 667 g/mol. The van der Waals surface area contributed by atoms with Crippen LogP contribution in [0.2, 0.25) is 0 Å². The number of aromatic hydroxyl groups is 1. The van der Waals surface area contributed by atoms with Gasteiger partial charge in [0.05, 0.1) is 11.5 Å². The minimum atomic E-state index is -2.70. The number of fused-ring (bicyclic) bond motifs is 3. The Morgan fingerprint density at radius 3 is 2.00 bits per heavy atom. The van der Waals surface area contributed by atoms with E-state index in [2.05, 4.69) is 50.3 Å². The molecule has 7 heteroatoms. The number of aliphatic hydroxyl groups is 1. The molecule has 3 unspecified atom stereocenters. The minimum Gasteiger partial charge on any atom is -0.507 e. The summed E-state index contributed by atoms with van der Waals surface area (Å²) in [6, 6.07) is 2.04. The van der Waals surface area contributed by atoms with E-state index in [0.717, 1.165) is 38.2 Å². The first-order valence-corrected chi connectivity index (χ1v) is 17.9. The lowest BCUT2D eigenvalue weighted by Gasteiger charge is -2.62. The summed E-state index contributed by atoms with van der Waals surface area (Å²) in [5, 5.41) is 24.4. The smallest absolute Gasteiger partial charge is 0.190 e. The standard InChI is InChI=1S/C42H50O7/c1-22(2)29-19-28(18-27(16-25-12-8-9-13-25)17-26-14-10-11-15-26)35(44)32-30(29)20-40(6)21-41(7)33(23(3)4)36(45)31(24(5)43)38(47)42(41,49)39(48)34(40)37(32)46/h8-12,14,19,22-23,27,31,33-34,44,49H,13,15-18,20-21H2,1-7H3/t31?,33?,34?,40-,41-,42+/m1/s1. The maximum atomic E-state index is 14.8. The van der Waals surface area contributed by atoms with Crippen molar-refractivity contribution in [2.45, 2.75) is 105 Å². The topological polar surface area (TPSA) is 126 Å². The summed E-state index contributed by atoms with van der Waals surface area (Å²) in [5.74, 6) is -8.41. The van der Waals surface area contributed by atoms with E-state index in [1.54, 1.807) is 20.8 Å². The molecule has 0 radical (unpaired) electrons. The Labute approximate surface area is 289 Å². The number of phenols is 1. The second kappa shape index (κ2) is 12.3. The molecule has 7 nitrogen and oxygen atoms in total. The van der Waals surface area contributed by atoms with Crippen LogP contribution < -0.4 is 0 Å². The van der Waals surface area contributed by atoms with Crippen molar-refractivity contribution >= 4 is 28.9 Å². The summed E-state index contributed by atoms with van der Waals surface area (Å²) < 4.78 is 0. The monoisotopic (exact) mass is 666 g/mol. The van der Waals surface area contributed by atoms with Gasteiger partial charge in [-0.3, -0.25) is 24.0 Å². The van der Waals surface area contributed by atoms with Crippen molar-refractivity contribution in [1.82, 2.24) is 0 Å². The SMILES string of the molecule is CC(=O)C1C(=O)C(C(C)C)[C@@]2(C)C[C@@]3(C)Cc4c(C(C)C)cc(CC(CC5=CC=CC5)CC5=CC=CC5)c(O)c4C(=O)C3C(=O)[C@@]2(O)C1=O. The number of benzene rings is 1. The lowest BCUT2D eigenvalue weighted by molar-refractivity contribution is -0.205. The van der Waals surface area contributed by atoms with Crippen LogP contribution in [0.1, 0.15) is 114 Å². The number of ketones is 5. The van der Waals surface area contributed by atoms with Crippen LogP contribution in [-0.2, 0) is 32.0 Å². The molecule has 2 fully saturated rings. The Kier molecular flexibility index (Phi) is 8.79. The Morgan fingerprint density at radius 1 is 0.918 bits per heavy atom. The van der Waals surface area contributed by atoms with Crippen molar-refractivity contribution in [3.63, 3.8) is 0 Å². The number of hydrogen-bond donors (Lipinski definition) is 2. The van der Waals surface area contributed by atoms with Gasteiger partial charge in [0.15, 0.2) is 28.7 Å². The zero-order chi connectivity index (χ0) is 35.8. The van der Waals surface area contributed by atoms with Crippen molar-refractivity contribution < 1.29 is 34.2 Å². The second-order valence-corrected chi connectivity index (χ2v) is 16.7. The molecule has 0 spiro atoms. The van der Waals surface area contributed by atoms with Gasteiger partial charge in [-0.2, -0.15) is 0 Å². The van der Waals surface area contributed by atoms with Crippen LogP contribution in [0.25, 0.3) is 0 Å². The van der Waals surface area contributed by atoms with Gasteiger partial charge in [0.1, 0.15) is 17.5 Å². The van der Waals surface area contributed by atoms with Gasteiger partial charge in [-0.15, -0.1) is 0 Å². The molecule has 2 N–H and O–H groups in total. The van der Waals surface area contributed by atoms with E-state index in [-0.39, 0.29) is 41.9 Å². The fourth-order valence-corrected chi connectivity index (χ4v) is 10.5. The van der Waals surface area contributed by atoms with Crippen molar-refractivity contribution in [3.8, 4) is 5.75 Å². The van der Waals surface area contributed by atoms with Gasteiger partial charge < -0.3 is 10.2 Å². The molecule has 5 aliphatic carbocycles. The van der Waals surface area contributed by atoms with Crippen LogP contribution >= 0.6 is 0 Å². The lowest BCUT2D eigenvalue weighted by Crippen LogP contribution is -2.76. The molecule has 0 aromatic heterocycles. The highest BCUT2D eigenvalue weighted by Gasteiger charge is 2.76. The average Bonchev–Trinajstić information content (AvgIpc) is 3.70. The van der Waals surface area contributed by atoms with E-state index < -0.39 is 63.1 Å². The molecule has 2 saturated carbocycles. The quantitative estimate of drug-likeness (QED) is 0.274. The summed E-state index contributed by atoms with van der Waals surface area (Å²) in [6.07, 6.45) is 17.1. The second-order valence-electron chi connectivity index (χ2n) is 16.7. The molecular formula is C42H50O7. The molecule has 1 aromatic rings. The number of rotatable bonds is 9. The van der Waals surface area contributed by atoms with Crippen LogP contribution in [0.15, 0.2) is 53.7 Å². The van der Waals surface area contributed by atoms with Gasteiger partial charge in [0.2, 0.25) is 0 Å². The molecule has 49 heavy (non-hydrogen) atoms. The molecular weight excluding hydrogens is 616 g/mol. The summed E-state index contributed by atoms with van der Waals surface area (Å²) in [6.45, 7) is 12.3. The Bertz CT molecular complexity index is 1750. The Hall–Kier alpha value is -3.71. The molecule has 260 valence electrons. The first-order chi connectivity index (χ1) is 23.0. The fourth-order valence-electron chi connectivity index (χ4n) is 10.5. The van der Waals surface area contributed by atoms with Gasteiger partial charge in [0.25, 0.3) is 0 Å². The van der Waals surface area contributed by atoms with Crippen LogP contribution in [-0.4, -0.2) is 44.7 Å². The van der Waals surface area contributed by atoms with Crippen LogP contribution in [0.5, 0.6) is 5.75 Å². The third-order valence-corrected chi connectivity index (χ3v) is 12.4. The molecule has 0 bridgehead atoms. The molecule has 0 aliphatic heterocycles. The minimum absolute atomic E-state index is 0.00682. The van der Waals surface area contributed by atoms with Gasteiger partial charge in [-0.25, -0.2) is 0 Å². The van der Waals surface area contributed by atoms with Gasteiger partial charge in [-0.1, -0.05) is 95.2 Å². The van der Waals surface area contributed by atoms with Crippen LogP contribution in [0.4, 0.5) is 0 Å². The largest absolute Gasteiger partial charge is 0.507 e. The molecule has 0 amide bonds. The highest BCUT2D eigenvalue weighted by molar-refractivity contribution is 6.32. The third-order valence-electron chi connectivity index (χ3n) is 12.4. The maximum Gasteiger partial charge on any atom is 0.190 e. The van der Waals surface area contributed by atoms with Crippen molar-refractivity contribution in [2.24, 2.45) is 40.4 Å². The van der Waals surface area contributed by atoms with Crippen molar-refractivity contribution in [2.75, 3.05) is 0 Å². The normalized spacial score (nSPS) is 32.2. The Balaban J connectivity index is 1.46. The van der Waals surface area contributed by atoms with Gasteiger partial charge in [-0.05, 0) is 91.7 Å². The number of hydrogen-bond acceptors (Lipinski definition) is 7. The third kappa shape index (κ3) is 5.30. The van der Waals surface area contributed by atoms with E-state index in [1.807, 2.05) is 13.0 Å². The zero-order valence-electron chi connectivity index (χ0n) is 29.9. The van der Waals surface area contributed by atoms with E-state index in [4.69, 9.17) is 0 Å². The molecule has 6 rings (SSSR count). The lowest BCUT2D eigenvalue weighted by atomic mass is 9.39. The molecule has 0 heterocycles. The number of carbonyl (C=O) groups excluding carboxylic acids is 5. The number of allylic oxidation sites excluding steroid dienone is 8. The summed E-state index contributed by atoms with van der Waals surface area (Å²) in [5.41, 5.74) is -0.217. The molecule has 6 atom stereocenters. The predicted molar refractivity (Wildman–Crippen MR) is 187 cm³/mol. The molecule has 1 aromatic carbocycles. The van der Waals surface area contributed by atoms with Crippen molar-refractivity contribution in [3.05, 3.63) is 75.9 Å². The number of phenolic OH excluding ortho intramolecular Hbond substituents is 1. The van der Waals surface area contributed by atoms with Crippen LogP contribution in [0.3, 0.4) is 0 Å². The zero-order valence-corrected chi connectivity index (χ0v) is 29.9. The van der Waals surface area contributed by atoms with E-state index >= 15 is 0 Å². The predicted octanol–water partition coefficient (Wildman–Crippen LogP) is 6.93. The highest BCUT2D eigenvalue weighted by atomic mass is 16.3. The molecule has 5 aliphatic rings. The van der Waals surface area contributed by atoms with Crippen molar-refractivity contribution in [1.29, 1.82) is 0 Å². The highest BCUT2D eigenvalue weighted by Crippen LogP contribution is 2.64. The fraction of sp³-hybridized carbons (Fsp3) is 0.548. The van der Waals surface area contributed by atoms with Gasteiger partial charge in [0, 0.05) is 11.3 Å². The number of carbonyl (C=O) groups is 5. The number of Topliss-reactive ketones (excluding diaryl/α,β-unsaturated/α-hetero) is 5. The summed E-state index contributed by atoms with van der Waals surface area (Å²) in [4.78, 5) is 70.1. The van der Waals surface area contributed by atoms with E-state index in [1.165, 1.54) is 11.1 Å². The summed E-state index contributed by atoms with van der Waals surface area (Å²) in [7, 11) is 0. The summed E-state index contributed by atoms with van der Waals surface area (Å²) >= 11 is 0. The first-order valence-electron chi connectivity index (χ1n) is 17.9.